The van der Waals surface area contributed by atoms with Crippen molar-refractivity contribution in [3.05, 3.63) is 30.2 Å². The summed E-state index contributed by atoms with van der Waals surface area (Å²) in [6, 6.07) is 1.67. The van der Waals surface area contributed by atoms with Gasteiger partial charge in [0.15, 0.2) is 5.65 Å². The van der Waals surface area contributed by atoms with E-state index in [0.717, 1.165) is 0 Å². The van der Waals surface area contributed by atoms with Crippen molar-refractivity contribution in [3.63, 3.8) is 0 Å². The molecule has 90 valence electrons. The first-order valence-electron chi connectivity index (χ1n) is 4.96. The number of carboxylic acid groups (broad SMARTS) is 1. The molecule has 0 aliphatic heterocycles. The van der Waals surface area contributed by atoms with Gasteiger partial charge in [-0.1, -0.05) is 0 Å². The van der Waals surface area contributed by atoms with Gasteiger partial charge in [0.2, 0.25) is 0 Å². The number of carbonyl (C=O) groups is 1. The molecule has 0 spiro atoms. The average molecular weight is 237 g/mol. The predicted octanol–water partition coefficient (Wildman–Crippen LogP) is -0.402. The van der Waals surface area contributed by atoms with Crippen molar-refractivity contribution in [3.8, 4) is 0 Å². The fraction of sp³-hybridized carbons (Fsp3) is 0.300. The maximum absolute atomic E-state index is 10.4. The molecule has 7 heteroatoms. The summed E-state index contributed by atoms with van der Waals surface area (Å²) in [6.45, 7) is 0. The Hall–Kier alpha value is -1.99. The van der Waals surface area contributed by atoms with E-state index in [1.165, 1.54) is 16.9 Å². The Kier molecular flexibility index (Phi) is 3.03. The van der Waals surface area contributed by atoms with Gasteiger partial charge in [-0.25, -0.2) is 9.50 Å². The van der Waals surface area contributed by atoms with Gasteiger partial charge in [-0.3, -0.25) is 4.79 Å². The summed E-state index contributed by atoms with van der Waals surface area (Å²) in [5, 5.41) is 31.8. The van der Waals surface area contributed by atoms with Crippen molar-refractivity contribution < 1.29 is 20.1 Å². The van der Waals surface area contributed by atoms with Gasteiger partial charge in [0.25, 0.3) is 0 Å². The molecule has 0 bridgehead atoms. The fourth-order valence-corrected chi connectivity index (χ4v) is 1.55. The fourth-order valence-electron chi connectivity index (χ4n) is 1.55. The minimum Gasteiger partial charge on any atom is -0.481 e. The Morgan fingerprint density at radius 2 is 2.24 bits per heavy atom. The van der Waals surface area contributed by atoms with E-state index in [-0.39, 0.29) is 0 Å². The molecule has 0 aliphatic rings. The van der Waals surface area contributed by atoms with Crippen molar-refractivity contribution in [1.29, 1.82) is 0 Å². The molecule has 2 heterocycles. The number of carboxylic acids is 1. The van der Waals surface area contributed by atoms with Crippen LogP contribution in [-0.2, 0) is 4.79 Å². The number of aliphatic hydroxyl groups is 2. The number of aromatic nitrogens is 3. The van der Waals surface area contributed by atoms with Crippen molar-refractivity contribution in [2.45, 2.75) is 18.6 Å². The zero-order valence-corrected chi connectivity index (χ0v) is 8.76. The van der Waals surface area contributed by atoms with Gasteiger partial charge in [-0.2, -0.15) is 5.10 Å². The lowest BCUT2D eigenvalue weighted by atomic mass is 10.1. The van der Waals surface area contributed by atoms with Crippen LogP contribution in [0.5, 0.6) is 0 Å². The summed E-state index contributed by atoms with van der Waals surface area (Å²) in [5.41, 5.74) is 0.698. The smallest absolute Gasteiger partial charge is 0.306 e. The van der Waals surface area contributed by atoms with E-state index >= 15 is 0 Å². The highest BCUT2D eigenvalue weighted by Gasteiger charge is 2.24. The zero-order chi connectivity index (χ0) is 12.4. The predicted molar refractivity (Wildman–Crippen MR) is 56.2 cm³/mol. The van der Waals surface area contributed by atoms with Crippen molar-refractivity contribution in [1.82, 2.24) is 14.6 Å². The van der Waals surface area contributed by atoms with Crippen LogP contribution in [0.25, 0.3) is 5.65 Å². The average Bonchev–Trinajstić information content (AvgIpc) is 2.70. The van der Waals surface area contributed by atoms with Crippen LogP contribution >= 0.6 is 0 Å². The van der Waals surface area contributed by atoms with Crippen LogP contribution in [0.15, 0.2) is 24.7 Å². The summed E-state index contributed by atoms with van der Waals surface area (Å²) in [7, 11) is 0. The lowest BCUT2D eigenvalue weighted by molar-refractivity contribution is -0.141. The quantitative estimate of drug-likeness (QED) is 0.667. The van der Waals surface area contributed by atoms with E-state index < -0.39 is 24.6 Å². The number of fused-ring (bicyclic) bond motifs is 1. The highest BCUT2D eigenvalue weighted by atomic mass is 16.4. The number of hydrogen-bond donors (Lipinski definition) is 3. The molecule has 0 saturated carbocycles. The Morgan fingerprint density at radius 3 is 2.94 bits per heavy atom. The Bertz CT molecular complexity index is 539. The van der Waals surface area contributed by atoms with Crippen molar-refractivity contribution in [2.24, 2.45) is 0 Å². The summed E-state index contributed by atoms with van der Waals surface area (Å²) in [6.07, 6.45) is 1.28. The first-order valence-corrected chi connectivity index (χ1v) is 4.96. The highest BCUT2D eigenvalue weighted by molar-refractivity contribution is 5.67. The monoisotopic (exact) mass is 237 g/mol. The molecule has 0 saturated heterocycles. The molecule has 2 atom stereocenters. The molecule has 2 aromatic heterocycles. The van der Waals surface area contributed by atoms with Crippen molar-refractivity contribution >= 4 is 11.6 Å². The standard InChI is InChI=1S/C10H11N3O4/c14-7(4-8(15)16)9(17)6-5-12-13-3-1-2-11-10(6)13/h1-3,5,7,9,14,17H,4H2,(H,15,16). The molecule has 3 N–H and O–H groups in total. The Labute approximate surface area is 96.0 Å². The number of rotatable bonds is 4. The Morgan fingerprint density at radius 1 is 1.47 bits per heavy atom. The third kappa shape index (κ3) is 2.24. The third-order valence-corrected chi connectivity index (χ3v) is 2.37. The maximum Gasteiger partial charge on any atom is 0.306 e. The molecule has 7 nitrogen and oxygen atoms in total. The van der Waals surface area contributed by atoms with Gasteiger partial charge >= 0.3 is 5.97 Å². The first kappa shape index (κ1) is 11.5. The highest BCUT2D eigenvalue weighted by Crippen LogP contribution is 2.21. The Balaban J connectivity index is 2.30. The largest absolute Gasteiger partial charge is 0.481 e. The van der Waals surface area contributed by atoms with Gasteiger partial charge in [-0.15, -0.1) is 0 Å². The van der Waals surface area contributed by atoms with E-state index in [1.807, 2.05) is 0 Å². The second-order valence-corrected chi connectivity index (χ2v) is 3.60. The normalized spacial score (nSPS) is 14.7. The van der Waals surface area contributed by atoms with Crippen LogP contribution in [0.2, 0.25) is 0 Å². The minimum atomic E-state index is -1.39. The van der Waals surface area contributed by atoms with Gasteiger partial charge in [0.05, 0.1) is 18.7 Å². The molecule has 17 heavy (non-hydrogen) atoms. The van der Waals surface area contributed by atoms with Crippen molar-refractivity contribution in [2.75, 3.05) is 0 Å². The van der Waals surface area contributed by atoms with Gasteiger partial charge in [0.1, 0.15) is 6.10 Å². The van der Waals surface area contributed by atoms with E-state index in [0.29, 0.717) is 11.2 Å². The number of aliphatic carboxylic acids is 1. The maximum atomic E-state index is 10.4. The van der Waals surface area contributed by atoms with Gasteiger partial charge < -0.3 is 15.3 Å². The van der Waals surface area contributed by atoms with Crippen LogP contribution in [0, 0.1) is 0 Å². The molecule has 0 fully saturated rings. The molecule has 0 aromatic carbocycles. The minimum absolute atomic E-state index is 0.305. The molecule has 2 unspecified atom stereocenters. The SMILES string of the molecule is O=C(O)CC(O)C(O)c1cnn2cccnc12. The van der Waals surface area contributed by atoms with Gasteiger partial charge in [0, 0.05) is 18.0 Å². The van der Waals surface area contributed by atoms with E-state index in [4.69, 9.17) is 5.11 Å². The molecule has 2 rings (SSSR count). The lowest BCUT2D eigenvalue weighted by Gasteiger charge is -2.14. The second kappa shape index (κ2) is 4.48. The van der Waals surface area contributed by atoms with E-state index in [2.05, 4.69) is 10.1 Å². The molecule has 0 amide bonds. The van der Waals surface area contributed by atoms with Crippen LogP contribution in [0.1, 0.15) is 18.1 Å². The van der Waals surface area contributed by atoms with Crippen LogP contribution in [0.4, 0.5) is 0 Å². The summed E-state index contributed by atoms with van der Waals surface area (Å²) >= 11 is 0. The number of nitrogens with zero attached hydrogens (tertiary/aromatic N) is 3. The first-order chi connectivity index (χ1) is 8.09. The molecular formula is C10H11N3O4. The van der Waals surface area contributed by atoms with Crippen LogP contribution in [-0.4, -0.2) is 42.0 Å². The van der Waals surface area contributed by atoms with Crippen LogP contribution < -0.4 is 0 Å². The zero-order valence-electron chi connectivity index (χ0n) is 8.76. The van der Waals surface area contributed by atoms with Crippen LogP contribution in [0.3, 0.4) is 0 Å². The summed E-state index contributed by atoms with van der Waals surface area (Å²) in [4.78, 5) is 14.4. The molecular weight excluding hydrogens is 226 g/mol. The lowest BCUT2D eigenvalue weighted by Crippen LogP contribution is -2.21. The van der Waals surface area contributed by atoms with E-state index in [9.17, 15) is 15.0 Å². The van der Waals surface area contributed by atoms with Gasteiger partial charge in [-0.05, 0) is 6.07 Å². The topological polar surface area (TPSA) is 108 Å². The molecule has 2 aromatic rings. The number of aliphatic hydroxyl groups excluding tert-OH is 2. The second-order valence-electron chi connectivity index (χ2n) is 3.60. The van der Waals surface area contributed by atoms with E-state index in [1.54, 1.807) is 12.3 Å². The molecule has 0 radical (unpaired) electrons. The molecule has 0 aliphatic carbocycles. The summed E-state index contributed by atoms with van der Waals surface area (Å²) in [5.74, 6) is -1.18. The summed E-state index contributed by atoms with van der Waals surface area (Å²) < 4.78 is 1.44. The third-order valence-electron chi connectivity index (χ3n) is 2.37. The number of hydrogen-bond acceptors (Lipinski definition) is 5.